The van der Waals surface area contributed by atoms with E-state index in [1.165, 1.54) is 25.7 Å². The van der Waals surface area contributed by atoms with Crippen LogP contribution in [0.1, 0.15) is 65.2 Å². The van der Waals surface area contributed by atoms with Gasteiger partial charge in [-0.3, -0.25) is 4.79 Å². The Kier molecular flexibility index (Phi) is 13.0. The molecule has 3 heteroatoms. The number of hydrogen-bond donors (Lipinski definition) is 1. The number of esters is 1. The second-order valence-corrected chi connectivity index (χ2v) is 4.43. The van der Waals surface area contributed by atoms with Gasteiger partial charge >= 0.3 is 5.97 Å². The summed E-state index contributed by atoms with van der Waals surface area (Å²) in [6, 6.07) is 0. The molecule has 0 aromatic heterocycles. The van der Waals surface area contributed by atoms with Gasteiger partial charge in [-0.2, -0.15) is 0 Å². The van der Waals surface area contributed by atoms with E-state index in [9.17, 15) is 4.79 Å². The maximum Gasteiger partial charge on any atom is 0.305 e. The van der Waals surface area contributed by atoms with Crippen molar-refractivity contribution in [1.82, 2.24) is 5.32 Å². The van der Waals surface area contributed by atoms with Crippen LogP contribution < -0.4 is 5.32 Å². The van der Waals surface area contributed by atoms with E-state index in [0.29, 0.717) is 13.0 Å². The van der Waals surface area contributed by atoms with Crippen LogP contribution >= 0.6 is 0 Å². The van der Waals surface area contributed by atoms with Crippen LogP contribution in [0.2, 0.25) is 0 Å². The van der Waals surface area contributed by atoms with E-state index in [-0.39, 0.29) is 5.97 Å². The number of rotatable bonds is 12. The SMILES string of the molecule is CCCCCCNCCCCCC(=O)OCC. The van der Waals surface area contributed by atoms with Crippen LogP contribution in [0.25, 0.3) is 0 Å². The van der Waals surface area contributed by atoms with Gasteiger partial charge in [0.2, 0.25) is 0 Å². The van der Waals surface area contributed by atoms with Crippen molar-refractivity contribution in [1.29, 1.82) is 0 Å². The molecule has 0 atom stereocenters. The first-order chi connectivity index (χ1) is 8.31. The Labute approximate surface area is 106 Å². The van der Waals surface area contributed by atoms with E-state index >= 15 is 0 Å². The molecule has 0 radical (unpaired) electrons. The Bertz CT molecular complexity index is 172. The number of nitrogens with one attached hydrogen (secondary N) is 1. The van der Waals surface area contributed by atoms with Crippen molar-refractivity contribution in [2.75, 3.05) is 19.7 Å². The Morgan fingerprint density at radius 3 is 2.18 bits per heavy atom. The summed E-state index contributed by atoms with van der Waals surface area (Å²) in [5, 5.41) is 3.44. The molecule has 0 aliphatic carbocycles. The van der Waals surface area contributed by atoms with Crippen LogP contribution in [-0.2, 0) is 9.53 Å². The first-order valence-electron chi connectivity index (χ1n) is 7.17. The van der Waals surface area contributed by atoms with Gasteiger partial charge in [-0.15, -0.1) is 0 Å². The number of carbonyl (C=O) groups excluding carboxylic acids is 1. The number of carbonyl (C=O) groups is 1. The molecule has 0 aliphatic rings. The van der Waals surface area contributed by atoms with Gasteiger partial charge in [0.25, 0.3) is 0 Å². The monoisotopic (exact) mass is 243 g/mol. The highest BCUT2D eigenvalue weighted by Crippen LogP contribution is 2.01. The predicted molar refractivity (Wildman–Crippen MR) is 72.1 cm³/mol. The third kappa shape index (κ3) is 13.4. The van der Waals surface area contributed by atoms with Gasteiger partial charge in [-0.25, -0.2) is 0 Å². The lowest BCUT2D eigenvalue weighted by molar-refractivity contribution is -0.143. The van der Waals surface area contributed by atoms with Crippen LogP contribution in [0, 0.1) is 0 Å². The minimum Gasteiger partial charge on any atom is -0.466 e. The molecule has 0 bridgehead atoms. The predicted octanol–water partition coefficient (Wildman–Crippen LogP) is 3.28. The third-order valence-electron chi connectivity index (χ3n) is 2.75. The quantitative estimate of drug-likeness (QED) is 0.422. The summed E-state index contributed by atoms with van der Waals surface area (Å²) in [7, 11) is 0. The van der Waals surface area contributed by atoms with Crippen molar-refractivity contribution in [3.05, 3.63) is 0 Å². The molecule has 0 heterocycles. The Balaban J connectivity index is 3.01. The van der Waals surface area contributed by atoms with Gasteiger partial charge in [0.05, 0.1) is 6.61 Å². The normalized spacial score (nSPS) is 10.5. The van der Waals surface area contributed by atoms with E-state index in [4.69, 9.17) is 4.74 Å². The highest BCUT2D eigenvalue weighted by Gasteiger charge is 2.00. The standard InChI is InChI=1S/C14H29NO2/c1-3-5-6-9-12-15-13-10-7-8-11-14(16)17-4-2/h15H,3-13H2,1-2H3. The average Bonchev–Trinajstić information content (AvgIpc) is 2.32. The van der Waals surface area contributed by atoms with E-state index < -0.39 is 0 Å². The first kappa shape index (κ1) is 16.4. The molecular weight excluding hydrogens is 214 g/mol. The minimum absolute atomic E-state index is 0.0555. The van der Waals surface area contributed by atoms with Crippen LogP contribution in [0.3, 0.4) is 0 Å². The summed E-state index contributed by atoms with van der Waals surface area (Å²) >= 11 is 0. The molecule has 0 rings (SSSR count). The summed E-state index contributed by atoms with van der Waals surface area (Å²) in [5.74, 6) is -0.0555. The van der Waals surface area contributed by atoms with Gasteiger partial charge in [0.1, 0.15) is 0 Å². The summed E-state index contributed by atoms with van der Waals surface area (Å²) in [5.41, 5.74) is 0. The molecule has 0 saturated heterocycles. The van der Waals surface area contributed by atoms with Crippen molar-refractivity contribution < 1.29 is 9.53 Å². The average molecular weight is 243 g/mol. The van der Waals surface area contributed by atoms with Crippen molar-refractivity contribution >= 4 is 5.97 Å². The van der Waals surface area contributed by atoms with Crippen molar-refractivity contribution in [2.24, 2.45) is 0 Å². The van der Waals surface area contributed by atoms with E-state index in [1.807, 2.05) is 6.92 Å². The second-order valence-electron chi connectivity index (χ2n) is 4.43. The van der Waals surface area contributed by atoms with Crippen molar-refractivity contribution in [3.63, 3.8) is 0 Å². The molecule has 0 amide bonds. The topological polar surface area (TPSA) is 38.3 Å². The molecule has 0 saturated carbocycles. The number of ether oxygens (including phenoxy) is 1. The zero-order valence-corrected chi connectivity index (χ0v) is 11.6. The zero-order valence-electron chi connectivity index (χ0n) is 11.6. The molecule has 0 fully saturated rings. The molecule has 3 nitrogen and oxygen atoms in total. The van der Waals surface area contributed by atoms with Gasteiger partial charge in [0, 0.05) is 6.42 Å². The molecule has 0 aromatic rings. The summed E-state index contributed by atoms with van der Waals surface area (Å²) in [6.45, 7) is 6.79. The molecular formula is C14H29NO2. The Hall–Kier alpha value is -0.570. The Morgan fingerprint density at radius 1 is 0.941 bits per heavy atom. The summed E-state index contributed by atoms with van der Waals surface area (Å²) < 4.78 is 4.87. The first-order valence-corrected chi connectivity index (χ1v) is 7.17. The third-order valence-corrected chi connectivity index (χ3v) is 2.75. The van der Waals surface area contributed by atoms with E-state index in [1.54, 1.807) is 0 Å². The maximum absolute atomic E-state index is 11.0. The van der Waals surface area contributed by atoms with Crippen LogP contribution in [0.5, 0.6) is 0 Å². The molecule has 0 spiro atoms. The van der Waals surface area contributed by atoms with Crippen LogP contribution in [0.15, 0.2) is 0 Å². The number of hydrogen-bond acceptors (Lipinski definition) is 3. The van der Waals surface area contributed by atoms with Gasteiger partial charge in [-0.1, -0.05) is 32.6 Å². The van der Waals surface area contributed by atoms with E-state index in [0.717, 1.165) is 32.4 Å². The van der Waals surface area contributed by atoms with Gasteiger partial charge in [-0.05, 0) is 39.3 Å². The van der Waals surface area contributed by atoms with E-state index in [2.05, 4.69) is 12.2 Å². The number of unbranched alkanes of at least 4 members (excludes halogenated alkanes) is 5. The molecule has 0 unspecified atom stereocenters. The van der Waals surface area contributed by atoms with Crippen LogP contribution in [-0.4, -0.2) is 25.7 Å². The summed E-state index contributed by atoms with van der Waals surface area (Å²) in [4.78, 5) is 11.0. The van der Waals surface area contributed by atoms with Crippen LogP contribution in [0.4, 0.5) is 0 Å². The minimum atomic E-state index is -0.0555. The second kappa shape index (κ2) is 13.5. The highest BCUT2D eigenvalue weighted by molar-refractivity contribution is 5.69. The highest BCUT2D eigenvalue weighted by atomic mass is 16.5. The lowest BCUT2D eigenvalue weighted by Gasteiger charge is -2.04. The maximum atomic E-state index is 11.0. The smallest absolute Gasteiger partial charge is 0.305 e. The van der Waals surface area contributed by atoms with Gasteiger partial charge < -0.3 is 10.1 Å². The zero-order chi connectivity index (χ0) is 12.8. The van der Waals surface area contributed by atoms with Crippen molar-refractivity contribution in [2.45, 2.75) is 65.2 Å². The molecule has 1 N–H and O–H groups in total. The molecule has 0 aromatic carbocycles. The fourth-order valence-electron chi connectivity index (χ4n) is 1.73. The molecule has 17 heavy (non-hydrogen) atoms. The van der Waals surface area contributed by atoms with Gasteiger partial charge in [0.15, 0.2) is 0 Å². The summed E-state index contributed by atoms with van der Waals surface area (Å²) in [6.07, 6.45) is 9.08. The Morgan fingerprint density at radius 2 is 1.59 bits per heavy atom. The molecule has 102 valence electrons. The molecule has 0 aliphatic heterocycles. The largest absolute Gasteiger partial charge is 0.466 e. The lowest BCUT2D eigenvalue weighted by atomic mass is 10.2. The fraction of sp³-hybridized carbons (Fsp3) is 0.929. The lowest BCUT2D eigenvalue weighted by Crippen LogP contribution is -2.16. The van der Waals surface area contributed by atoms with Crippen molar-refractivity contribution in [3.8, 4) is 0 Å². The fourth-order valence-corrected chi connectivity index (χ4v) is 1.73.